The van der Waals surface area contributed by atoms with Gasteiger partial charge in [0, 0.05) is 6.42 Å². The van der Waals surface area contributed by atoms with Crippen LogP contribution in [0, 0.1) is 0 Å². The van der Waals surface area contributed by atoms with E-state index in [1.165, 1.54) is 0 Å². The van der Waals surface area contributed by atoms with Crippen LogP contribution in [0.2, 0.25) is 0 Å². The van der Waals surface area contributed by atoms with Crippen LogP contribution < -0.4 is 0 Å². The van der Waals surface area contributed by atoms with Crippen LogP contribution in [0.5, 0.6) is 0 Å². The zero-order chi connectivity index (χ0) is 7.28. The van der Waals surface area contributed by atoms with E-state index in [-0.39, 0.29) is 0 Å². The first-order chi connectivity index (χ1) is 4.20. The molecule has 0 amide bonds. The molecule has 1 nitrogen and oxygen atoms in total. The normalized spacial score (nSPS) is 11.2. The Balaban J connectivity index is 3.60. The molecule has 0 bridgehead atoms. The van der Waals surface area contributed by atoms with E-state index >= 15 is 0 Å². The molecule has 0 aliphatic rings. The van der Waals surface area contributed by atoms with Crippen molar-refractivity contribution in [3.8, 4) is 0 Å². The van der Waals surface area contributed by atoms with Gasteiger partial charge in [-0.15, -0.1) is 0 Å². The predicted molar refractivity (Wildman–Crippen MR) is 43.5 cm³/mol. The number of methoxy groups -OCH3 is 1. The highest BCUT2D eigenvalue weighted by Crippen LogP contribution is 2.08. The lowest BCUT2D eigenvalue weighted by molar-refractivity contribution is 0.285. The lowest BCUT2D eigenvalue weighted by Gasteiger charge is -2.01. The number of hydrogen-bond acceptors (Lipinski definition) is 2. The van der Waals surface area contributed by atoms with Crippen LogP contribution in [0.3, 0.4) is 0 Å². The molecule has 0 aliphatic heterocycles. The van der Waals surface area contributed by atoms with Crippen LogP contribution in [0.15, 0.2) is 23.3 Å². The van der Waals surface area contributed by atoms with Crippen LogP contribution in [-0.2, 0) is 4.74 Å². The summed E-state index contributed by atoms with van der Waals surface area (Å²) < 4.78 is 4.85. The molecule has 0 atom stereocenters. The third kappa shape index (κ3) is 4.15. The molecule has 2 heteroatoms. The molecule has 9 heavy (non-hydrogen) atoms. The number of hydrogen-bond donors (Lipinski definition) is 1. The standard InChI is InChI=1S/C7H12OS/c1-6(5-9)4-7(2)8-3/h5,9H,2,4H2,1,3H3/b6-5+. The Morgan fingerprint density at radius 2 is 2.33 bits per heavy atom. The van der Waals surface area contributed by atoms with E-state index in [1.54, 1.807) is 12.5 Å². The molecule has 0 aromatic heterocycles. The summed E-state index contributed by atoms with van der Waals surface area (Å²) in [7, 11) is 1.62. The summed E-state index contributed by atoms with van der Waals surface area (Å²) in [5, 5.41) is 1.75. The van der Waals surface area contributed by atoms with E-state index in [1.807, 2.05) is 6.92 Å². The average Bonchev–Trinajstić information content (AvgIpc) is 1.87. The molecule has 0 aliphatic carbocycles. The third-order valence-corrected chi connectivity index (χ3v) is 1.43. The van der Waals surface area contributed by atoms with Gasteiger partial charge in [-0.3, -0.25) is 0 Å². The lowest BCUT2D eigenvalue weighted by atomic mass is 10.2. The van der Waals surface area contributed by atoms with Crippen molar-refractivity contribution in [2.24, 2.45) is 0 Å². The van der Waals surface area contributed by atoms with Gasteiger partial charge >= 0.3 is 0 Å². The summed E-state index contributed by atoms with van der Waals surface area (Å²) in [6.45, 7) is 5.65. The van der Waals surface area contributed by atoms with Crippen molar-refractivity contribution in [2.75, 3.05) is 7.11 Å². The molecule has 0 aromatic carbocycles. The molecular formula is C7H12OS. The van der Waals surface area contributed by atoms with Gasteiger partial charge in [0.15, 0.2) is 0 Å². The Morgan fingerprint density at radius 3 is 2.67 bits per heavy atom. The molecule has 0 heterocycles. The second-order valence-corrected chi connectivity index (χ2v) is 2.15. The van der Waals surface area contributed by atoms with Gasteiger partial charge in [0.05, 0.1) is 12.9 Å². The van der Waals surface area contributed by atoms with E-state index < -0.39 is 0 Å². The second kappa shape index (κ2) is 4.50. The summed E-state index contributed by atoms with van der Waals surface area (Å²) in [5.41, 5.74) is 1.16. The minimum Gasteiger partial charge on any atom is -0.501 e. The van der Waals surface area contributed by atoms with Crippen LogP contribution >= 0.6 is 12.6 Å². The first-order valence-corrected chi connectivity index (χ1v) is 3.24. The van der Waals surface area contributed by atoms with E-state index in [0.717, 1.165) is 17.8 Å². The van der Waals surface area contributed by atoms with Crippen molar-refractivity contribution in [1.82, 2.24) is 0 Å². The molecule has 0 N–H and O–H groups in total. The Morgan fingerprint density at radius 1 is 1.78 bits per heavy atom. The highest BCUT2D eigenvalue weighted by atomic mass is 32.1. The van der Waals surface area contributed by atoms with Gasteiger partial charge < -0.3 is 4.74 Å². The maximum Gasteiger partial charge on any atom is 0.0924 e. The summed E-state index contributed by atoms with van der Waals surface area (Å²) >= 11 is 3.97. The number of thiol groups is 1. The molecular weight excluding hydrogens is 132 g/mol. The number of rotatable bonds is 3. The molecule has 0 unspecified atom stereocenters. The van der Waals surface area contributed by atoms with Crippen molar-refractivity contribution in [3.05, 3.63) is 23.3 Å². The highest BCUT2D eigenvalue weighted by molar-refractivity contribution is 7.83. The Labute approximate surface area is 61.8 Å². The van der Waals surface area contributed by atoms with Crippen molar-refractivity contribution in [2.45, 2.75) is 13.3 Å². The predicted octanol–water partition coefficient (Wildman–Crippen LogP) is 2.37. The topological polar surface area (TPSA) is 9.23 Å². The average molecular weight is 144 g/mol. The molecule has 52 valence electrons. The number of ether oxygens (including phenoxy) is 1. The SMILES string of the molecule is C=C(C/C(C)=C/S)OC. The molecule has 0 saturated heterocycles. The minimum absolute atomic E-state index is 0.776. The Bertz CT molecular complexity index is 127. The monoisotopic (exact) mass is 144 g/mol. The summed E-state index contributed by atoms with van der Waals surface area (Å²) in [4.78, 5) is 0. The summed E-state index contributed by atoms with van der Waals surface area (Å²) in [5.74, 6) is 0.776. The molecule has 0 rings (SSSR count). The number of allylic oxidation sites excluding steroid dienone is 1. The molecule has 0 fully saturated rings. The fourth-order valence-electron chi connectivity index (χ4n) is 0.429. The minimum atomic E-state index is 0.776. The van der Waals surface area contributed by atoms with Gasteiger partial charge in [0.25, 0.3) is 0 Å². The van der Waals surface area contributed by atoms with Gasteiger partial charge in [-0.1, -0.05) is 12.2 Å². The first kappa shape index (κ1) is 8.63. The zero-order valence-electron chi connectivity index (χ0n) is 5.85. The fourth-order valence-corrected chi connectivity index (χ4v) is 0.520. The van der Waals surface area contributed by atoms with Gasteiger partial charge in [0.1, 0.15) is 0 Å². The van der Waals surface area contributed by atoms with Crippen LogP contribution in [-0.4, -0.2) is 7.11 Å². The van der Waals surface area contributed by atoms with Crippen molar-refractivity contribution in [3.63, 3.8) is 0 Å². The van der Waals surface area contributed by atoms with E-state index in [4.69, 9.17) is 4.74 Å². The maximum absolute atomic E-state index is 4.85. The second-order valence-electron chi connectivity index (χ2n) is 1.90. The molecule has 0 aromatic rings. The van der Waals surface area contributed by atoms with E-state index in [0.29, 0.717) is 0 Å². The highest BCUT2D eigenvalue weighted by Gasteiger charge is 1.91. The van der Waals surface area contributed by atoms with E-state index in [2.05, 4.69) is 19.2 Å². The Hall–Kier alpha value is -0.370. The van der Waals surface area contributed by atoms with Gasteiger partial charge in [-0.25, -0.2) is 0 Å². The largest absolute Gasteiger partial charge is 0.501 e. The quantitative estimate of drug-likeness (QED) is 0.472. The van der Waals surface area contributed by atoms with Gasteiger partial charge in [-0.2, -0.15) is 12.6 Å². The zero-order valence-corrected chi connectivity index (χ0v) is 6.74. The van der Waals surface area contributed by atoms with Crippen molar-refractivity contribution in [1.29, 1.82) is 0 Å². The molecule has 0 spiro atoms. The third-order valence-electron chi connectivity index (χ3n) is 0.985. The van der Waals surface area contributed by atoms with Gasteiger partial charge in [0.2, 0.25) is 0 Å². The van der Waals surface area contributed by atoms with E-state index in [9.17, 15) is 0 Å². The van der Waals surface area contributed by atoms with Crippen LogP contribution in [0.4, 0.5) is 0 Å². The molecule has 0 radical (unpaired) electrons. The summed E-state index contributed by atoms with van der Waals surface area (Å²) in [6.07, 6.45) is 0.778. The van der Waals surface area contributed by atoms with Crippen LogP contribution in [0.25, 0.3) is 0 Å². The van der Waals surface area contributed by atoms with Gasteiger partial charge in [-0.05, 0) is 12.3 Å². The summed E-state index contributed by atoms with van der Waals surface area (Å²) in [6, 6.07) is 0. The maximum atomic E-state index is 4.85. The smallest absolute Gasteiger partial charge is 0.0924 e. The fraction of sp³-hybridized carbons (Fsp3) is 0.429. The first-order valence-electron chi connectivity index (χ1n) is 2.72. The van der Waals surface area contributed by atoms with Crippen molar-refractivity contribution < 1.29 is 4.74 Å². The van der Waals surface area contributed by atoms with Crippen LogP contribution in [0.1, 0.15) is 13.3 Å². The van der Waals surface area contributed by atoms with Crippen molar-refractivity contribution >= 4 is 12.6 Å². The lowest BCUT2D eigenvalue weighted by Crippen LogP contribution is -1.84. The molecule has 0 saturated carbocycles. The Kier molecular flexibility index (Phi) is 4.32.